The number of rotatable bonds is 5. The number of carbonyl (C=O) groups is 1. The molecule has 1 heterocycles. The highest BCUT2D eigenvalue weighted by Crippen LogP contribution is 2.20. The van der Waals surface area contributed by atoms with Gasteiger partial charge in [0.2, 0.25) is 0 Å². The van der Waals surface area contributed by atoms with E-state index >= 15 is 0 Å². The maximum Gasteiger partial charge on any atom is 0.326 e. The summed E-state index contributed by atoms with van der Waals surface area (Å²) in [5.41, 5.74) is 1.02. The average Bonchev–Trinajstić information content (AvgIpc) is 2.72. The molecule has 0 spiro atoms. The van der Waals surface area contributed by atoms with Gasteiger partial charge in [0.05, 0.1) is 6.61 Å². The van der Waals surface area contributed by atoms with Crippen molar-refractivity contribution >= 4 is 32.8 Å². The standard InChI is InChI=1S/C13H14BrNO3/c1-17-6-7-18-13(16)9-15-5-4-10-8-11(14)2-3-12(10)15/h2-5,8H,6-7,9H2,1H3. The van der Waals surface area contributed by atoms with Crippen LogP contribution in [0.4, 0.5) is 0 Å². The second-order valence-corrected chi connectivity index (χ2v) is 4.78. The number of esters is 1. The van der Waals surface area contributed by atoms with Gasteiger partial charge >= 0.3 is 5.97 Å². The normalized spacial score (nSPS) is 10.8. The molecular formula is C13H14BrNO3. The van der Waals surface area contributed by atoms with Gasteiger partial charge in [0, 0.05) is 28.7 Å². The van der Waals surface area contributed by atoms with Crippen molar-refractivity contribution in [2.24, 2.45) is 0 Å². The number of halogens is 1. The average molecular weight is 312 g/mol. The predicted octanol–water partition coefficient (Wildman–Crippen LogP) is 2.59. The molecule has 4 nitrogen and oxygen atoms in total. The molecule has 0 atom stereocenters. The summed E-state index contributed by atoms with van der Waals surface area (Å²) in [5, 5.41) is 1.09. The molecule has 96 valence electrons. The number of methoxy groups -OCH3 is 1. The molecule has 0 N–H and O–H groups in total. The summed E-state index contributed by atoms with van der Waals surface area (Å²) in [6, 6.07) is 7.92. The van der Waals surface area contributed by atoms with Crippen molar-refractivity contribution in [1.29, 1.82) is 0 Å². The molecule has 5 heteroatoms. The molecule has 0 saturated carbocycles. The molecule has 0 amide bonds. The zero-order valence-electron chi connectivity index (χ0n) is 10.1. The summed E-state index contributed by atoms with van der Waals surface area (Å²) >= 11 is 3.42. The highest BCUT2D eigenvalue weighted by atomic mass is 79.9. The van der Waals surface area contributed by atoms with Gasteiger partial charge in [0.1, 0.15) is 13.2 Å². The fraction of sp³-hybridized carbons (Fsp3) is 0.308. The minimum atomic E-state index is -0.257. The lowest BCUT2D eigenvalue weighted by Gasteiger charge is -2.06. The van der Waals surface area contributed by atoms with E-state index in [2.05, 4.69) is 15.9 Å². The molecule has 0 aliphatic heterocycles. The van der Waals surface area contributed by atoms with Gasteiger partial charge in [-0.1, -0.05) is 15.9 Å². The third-order valence-corrected chi connectivity index (χ3v) is 3.08. The molecule has 0 saturated heterocycles. The van der Waals surface area contributed by atoms with E-state index < -0.39 is 0 Å². The first kappa shape index (κ1) is 13.1. The van der Waals surface area contributed by atoms with Gasteiger partial charge in [0.15, 0.2) is 0 Å². The molecule has 1 aromatic heterocycles. The first-order chi connectivity index (χ1) is 8.70. The van der Waals surface area contributed by atoms with Crippen LogP contribution in [-0.2, 0) is 20.8 Å². The Morgan fingerprint density at radius 3 is 2.94 bits per heavy atom. The fourth-order valence-electron chi connectivity index (χ4n) is 1.73. The van der Waals surface area contributed by atoms with Crippen molar-refractivity contribution in [3.63, 3.8) is 0 Å². The van der Waals surface area contributed by atoms with Crippen molar-refractivity contribution in [3.8, 4) is 0 Å². The van der Waals surface area contributed by atoms with Crippen LogP contribution in [0.15, 0.2) is 34.9 Å². The maximum atomic E-state index is 11.6. The smallest absolute Gasteiger partial charge is 0.326 e. The van der Waals surface area contributed by atoms with Crippen LogP contribution in [0, 0.1) is 0 Å². The Morgan fingerprint density at radius 1 is 1.33 bits per heavy atom. The summed E-state index contributed by atoms with van der Waals surface area (Å²) in [5.74, 6) is -0.257. The van der Waals surface area contributed by atoms with E-state index in [1.165, 1.54) is 0 Å². The molecule has 18 heavy (non-hydrogen) atoms. The molecule has 0 unspecified atom stereocenters. The zero-order chi connectivity index (χ0) is 13.0. The van der Waals surface area contributed by atoms with Crippen LogP contribution in [0.2, 0.25) is 0 Å². The van der Waals surface area contributed by atoms with E-state index in [0.29, 0.717) is 13.2 Å². The number of fused-ring (bicyclic) bond motifs is 1. The predicted molar refractivity (Wildman–Crippen MR) is 72.5 cm³/mol. The number of nitrogens with zero attached hydrogens (tertiary/aromatic N) is 1. The molecule has 0 radical (unpaired) electrons. The van der Waals surface area contributed by atoms with Crippen molar-refractivity contribution in [3.05, 3.63) is 34.9 Å². The molecule has 0 aliphatic rings. The molecule has 2 rings (SSSR count). The number of benzene rings is 1. The van der Waals surface area contributed by atoms with Crippen LogP contribution >= 0.6 is 15.9 Å². The second kappa shape index (κ2) is 6.02. The number of hydrogen-bond acceptors (Lipinski definition) is 3. The summed E-state index contributed by atoms with van der Waals surface area (Å²) in [7, 11) is 1.57. The van der Waals surface area contributed by atoms with E-state index in [9.17, 15) is 4.79 Å². The van der Waals surface area contributed by atoms with Crippen LogP contribution in [0.3, 0.4) is 0 Å². The van der Waals surface area contributed by atoms with Crippen LogP contribution in [0.1, 0.15) is 0 Å². The third kappa shape index (κ3) is 3.11. The largest absolute Gasteiger partial charge is 0.462 e. The number of aromatic nitrogens is 1. The van der Waals surface area contributed by atoms with Crippen molar-refractivity contribution in [2.75, 3.05) is 20.3 Å². The van der Waals surface area contributed by atoms with E-state index in [1.807, 2.05) is 35.0 Å². The zero-order valence-corrected chi connectivity index (χ0v) is 11.6. The quantitative estimate of drug-likeness (QED) is 0.629. The van der Waals surface area contributed by atoms with E-state index in [0.717, 1.165) is 15.4 Å². The van der Waals surface area contributed by atoms with Gasteiger partial charge < -0.3 is 14.0 Å². The monoisotopic (exact) mass is 311 g/mol. The van der Waals surface area contributed by atoms with Crippen LogP contribution in [0.25, 0.3) is 10.9 Å². The molecule has 2 aromatic rings. The van der Waals surface area contributed by atoms with Crippen molar-refractivity contribution in [2.45, 2.75) is 6.54 Å². The Morgan fingerprint density at radius 2 is 2.17 bits per heavy atom. The highest BCUT2D eigenvalue weighted by Gasteiger charge is 2.07. The number of carbonyl (C=O) groups excluding carboxylic acids is 1. The molecule has 0 bridgehead atoms. The van der Waals surface area contributed by atoms with Crippen molar-refractivity contribution in [1.82, 2.24) is 4.57 Å². The molecule has 0 aliphatic carbocycles. The Labute approximate surface area is 114 Å². The molecule has 1 aromatic carbocycles. The SMILES string of the molecule is COCCOC(=O)Cn1ccc2cc(Br)ccc21. The van der Waals surface area contributed by atoms with Gasteiger partial charge in [-0.05, 0) is 24.3 Å². The summed E-state index contributed by atoms with van der Waals surface area (Å²) < 4.78 is 12.8. The van der Waals surface area contributed by atoms with Crippen LogP contribution in [0.5, 0.6) is 0 Å². The topological polar surface area (TPSA) is 40.5 Å². The van der Waals surface area contributed by atoms with Crippen LogP contribution in [-0.4, -0.2) is 30.9 Å². The Balaban J connectivity index is 2.05. The Kier molecular flexibility index (Phi) is 4.38. The maximum absolute atomic E-state index is 11.6. The summed E-state index contributed by atoms with van der Waals surface area (Å²) in [6.45, 7) is 0.931. The fourth-order valence-corrected chi connectivity index (χ4v) is 2.11. The lowest BCUT2D eigenvalue weighted by Crippen LogP contribution is -2.15. The minimum absolute atomic E-state index is 0.217. The first-order valence-corrected chi connectivity index (χ1v) is 6.39. The summed E-state index contributed by atoms with van der Waals surface area (Å²) in [4.78, 5) is 11.6. The van der Waals surface area contributed by atoms with Gasteiger partial charge in [-0.3, -0.25) is 4.79 Å². The van der Waals surface area contributed by atoms with Gasteiger partial charge in [-0.2, -0.15) is 0 Å². The second-order valence-electron chi connectivity index (χ2n) is 3.86. The lowest BCUT2D eigenvalue weighted by atomic mass is 10.2. The van der Waals surface area contributed by atoms with Gasteiger partial charge in [0.25, 0.3) is 0 Å². The van der Waals surface area contributed by atoms with Crippen molar-refractivity contribution < 1.29 is 14.3 Å². The number of ether oxygens (including phenoxy) is 2. The number of hydrogen-bond donors (Lipinski definition) is 0. The first-order valence-electron chi connectivity index (χ1n) is 5.59. The van der Waals surface area contributed by atoms with E-state index in [4.69, 9.17) is 9.47 Å². The summed E-state index contributed by atoms with van der Waals surface area (Å²) in [6.07, 6.45) is 1.88. The third-order valence-electron chi connectivity index (χ3n) is 2.58. The van der Waals surface area contributed by atoms with E-state index in [1.54, 1.807) is 7.11 Å². The minimum Gasteiger partial charge on any atom is -0.462 e. The molecular weight excluding hydrogens is 298 g/mol. The van der Waals surface area contributed by atoms with Gasteiger partial charge in [-0.25, -0.2) is 0 Å². The van der Waals surface area contributed by atoms with Crippen LogP contribution < -0.4 is 0 Å². The Bertz CT molecular complexity index is 550. The van der Waals surface area contributed by atoms with Gasteiger partial charge in [-0.15, -0.1) is 0 Å². The highest BCUT2D eigenvalue weighted by molar-refractivity contribution is 9.10. The Hall–Kier alpha value is -1.33. The van der Waals surface area contributed by atoms with E-state index in [-0.39, 0.29) is 12.5 Å². The molecule has 0 fully saturated rings. The lowest BCUT2D eigenvalue weighted by molar-refractivity contribution is -0.145.